The number of benzene rings is 1. The number of methoxy groups -OCH3 is 2. The molecule has 0 bridgehead atoms. The van der Waals surface area contributed by atoms with Crippen LogP contribution in [-0.4, -0.2) is 70.6 Å². The average molecular weight is 601 g/mol. The van der Waals surface area contributed by atoms with Crippen molar-refractivity contribution in [1.29, 1.82) is 0 Å². The lowest BCUT2D eigenvalue weighted by Crippen LogP contribution is -2.42. The van der Waals surface area contributed by atoms with E-state index in [9.17, 15) is 8.42 Å². The van der Waals surface area contributed by atoms with E-state index in [0.29, 0.717) is 11.8 Å². The van der Waals surface area contributed by atoms with Crippen molar-refractivity contribution in [1.82, 2.24) is 0 Å². The number of aliphatic hydroxyl groups excluding tert-OH is 2. The molecule has 9 nitrogen and oxygen atoms in total. The molecule has 41 heavy (non-hydrogen) atoms. The Hall–Kier alpha value is -1.95. The summed E-state index contributed by atoms with van der Waals surface area (Å²) >= 11 is 0. The van der Waals surface area contributed by atoms with Crippen LogP contribution in [-0.2, 0) is 29.1 Å². The minimum atomic E-state index is -4.02. The molecule has 3 N–H and O–H groups in total. The number of hydrogen-bond donors (Lipinski definition) is 3. The Bertz CT molecular complexity index is 1050. The number of hydrogen-bond acceptors (Lipinski definition) is 8. The highest BCUT2D eigenvalue weighted by Gasteiger charge is 2.44. The second-order valence-electron chi connectivity index (χ2n) is 11.6. The van der Waals surface area contributed by atoms with E-state index in [1.165, 1.54) is 36.1 Å². The maximum atomic E-state index is 10.5. The van der Waals surface area contributed by atoms with Crippen LogP contribution < -0.4 is 0 Å². The van der Waals surface area contributed by atoms with Gasteiger partial charge in [0, 0.05) is 20.3 Å². The van der Waals surface area contributed by atoms with Gasteiger partial charge in [0.15, 0.2) is 6.29 Å². The lowest BCUT2D eigenvalue weighted by atomic mass is 9.59. The third kappa shape index (κ3) is 11.0. The molecule has 1 aromatic carbocycles. The standard InChI is InChI=1S/C14H24O3.C9H16O2.C7H8O3S.CH4O/c1-14(2)11(9-15-3)8-12(14)10-17-13-6-4-5-7-16-13;1-9(2)7(5-10)4-8(9)6-11-3;1-6-2-4-7(5-3-6)11(8,9)10;1-2/h9,12-13H,4-8,10H2,1-3H3;6-7,10H,4-5H2,1-3H3;2-5H,1H3,(H,8,9,10);2H,1H3. The van der Waals surface area contributed by atoms with Gasteiger partial charge in [0.05, 0.1) is 38.2 Å². The molecule has 0 radical (unpaired) electrons. The fourth-order valence-corrected chi connectivity index (χ4v) is 5.33. The molecular formula is C31H52O9S. The molecule has 3 aliphatic rings. The zero-order chi connectivity index (χ0) is 31.3. The van der Waals surface area contributed by atoms with E-state index >= 15 is 0 Å². The third-order valence-electron chi connectivity index (χ3n) is 8.31. The van der Waals surface area contributed by atoms with E-state index in [1.807, 2.05) is 13.2 Å². The molecule has 10 heteroatoms. The molecule has 4 rings (SSSR count). The van der Waals surface area contributed by atoms with Gasteiger partial charge in [-0.15, -0.1) is 0 Å². The minimum absolute atomic E-state index is 0.0370. The first-order valence-corrected chi connectivity index (χ1v) is 15.5. The summed E-state index contributed by atoms with van der Waals surface area (Å²) in [6.45, 7) is 12.6. The van der Waals surface area contributed by atoms with Crippen molar-refractivity contribution < 1.29 is 42.1 Å². The zero-order valence-corrected chi connectivity index (χ0v) is 26.9. The molecular weight excluding hydrogens is 548 g/mol. The molecule has 1 heterocycles. The Kier molecular flexibility index (Phi) is 15.6. The van der Waals surface area contributed by atoms with Gasteiger partial charge < -0.3 is 29.2 Å². The third-order valence-corrected chi connectivity index (χ3v) is 9.18. The van der Waals surface area contributed by atoms with Crippen LogP contribution in [0.5, 0.6) is 0 Å². The molecule has 3 fully saturated rings. The molecule has 0 amide bonds. The van der Waals surface area contributed by atoms with Gasteiger partial charge in [-0.3, -0.25) is 4.55 Å². The summed E-state index contributed by atoms with van der Waals surface area (Å²) in [5.74, 6) is 1.01. The Morgan fingerprint density at radius 2 is 1.44 bits per heavy atom. The normalized spacial score (nSPS) is 26.0. The second kappa shape index (κ2) is 17.2. The number of ether oxygens (including phenoxy) is 4. The van der Waals surface area contributed by atoms with Gasteiger partial charge in [0.25, 0.3) is 10.1 Å². The van der Waals surface area contributed by atoms with Gasteiger partial charge in [-0.1, -0.05) is 45.4 Å². The van der Waals surface area contributed by atoms with Crippen LogP contribution in [0.15, 0.2) is 52.8 Å². The van der Waals surface area contributed by atoms with Crippen molar-refractivity contribution in [2.24, 2.45) is 22.7 Å². The number of rotatable bonds is 7. The van der Waals surface area contributed by atoms with E-state index < -0.39 is 10.1 Å². The highest BCUT2D eigenvalue weighted by molar-refractivity contribution is 7.85. The predicted molar refractivity (Wildman–Crippen MR) is 160 cm³/mol. The van der Waals surface area contributed by atoms with Crippen LogP contribution in [0.25, 0.3) is 0 Å². The molecule has 1 saturated heterocycles. The number of aryl methyl sites for hydroxylation is 1. The number of aliphatic hydroxyl groups is 2. The Morgan fingerprint density at radius 3 is 1.83 bits per heavy atom. The van der Waals surface area contributed by atoms with E-state index in [2.05, 4.69) is 27.7 Å². The van der Waals surface area contributed by atoms with Gasteiger partial charge in [-0.2, -0.15) is 8.42 Å². The van der Waals surface area contributed by atoms with Crippen molar-refractivity contribution >= 4 is 10.1 Å². The van der Waals surface area contributed by atoms with Crippen molar-refractivity contribution in [3.8, 4) is 0 Å². The largest absolute Gasteiger partial charge is 0.504 e. The molecule has 236 valence electrons. The van der Waals surface area contributed by atoms with Crippen LogP contribution in [0.4, 0.5) is 0 Å². The van der Waals surface area contributed by atoms with Crippen LogP contribution in [0, 0.1) is 29.6 Å². The molecule has 0 spiro atoms. The fraction of sp³-hybridized carbons (Fsp3) is 0.677. The van der Waals surface area contributed by atoms with Gasteiger partial charge in [0.2, 0.25) is 0 Å². The van der Waals surface area contributed by atoms with Crippen LogP contribution >= 0.6 is 0 Å². The summed E-state index contributed by atoms with van der Waals surface area (Å²) < 4.78 is 51.0. The monoisotopic (exact) mass is 600 g/mol. The quantitative estimate of drug-likeness (QED) is 0.274. The molecule has 1 aromatic rings. The summed E-state index contributed by atoms with van der Waals surface area (Å²) in [5.41, 5.74) is 4.00. The van der Waals surface area contributed by atoms with Gasteiger partial charge in [0.1, 0.15) is 0 Å². The molecule has 3 atom stereocenters. The van der Waals surface area contributed by atoms with Gasteiger partial charge >= 0.3 is 0 Å². The van der Waals surface area contributed by atoms with Crippen LogP contribution in [0.3, 0.4) is 0 Å². The van der Waals surface area contributed by atoms with Crippen LogP contribution in [0.2, 0.25) is 0 Å². The first-order valence-electron chi connectivity index (χ1n) is 14.0. The van der Waals surface area contributed by atoms with Crippen molar-refractivity contribution in [2.45, 2.75) is 77.9 Å². The predicted octanol–water partition coefficient (Wildman–Crippen LogP) is 5.51. The highest BCUT2D eigenvalue weighted by Crippen LogP contribution is 2.51. The van der Waals surface area contributed by atoms with E-state index in [4.69, 9.17) is 33.7 Å². The van der Waals surface area contributed by atoms with Crippen LogP contribution in [0.1, 0.15) is 65.4 Å². The van der Waals surface area contributed by atoms with Crippen molar-refractivity contribution in [3.63, 3.8) is 0 Å². The summed E-state index contributed by atoms with van der Waals surface area (Å²) in [7, 11) is 0.354. The highest BCUT2D eigenvalue weighted by atomic mass is 32.2. The van der Waals surface area contributed by atoms with E-state index in [1.54, 1.807) is 32.6 Å². The van der Waals surface area contributed by atoms with E-state index in [-0.39, 0.29) is 28.6 Å². The van der Waals surface area contributed by atoms with Gasteiger partial charge in [-0.05, 0) is 85.0 Å². The maximum Gasteiger partial charge on any atom is 0.294 e. The lowest BCUT2D eigenvalue weighted by Gasteiger charge is -2.47. The summed E-state index contributed by atoms with van der Waals surface area (Å²) in [6, 6.07) is 5.99. The summed E-state index contributed by atoms with van der Waals surface area (Å²) in [5, 5.41) is 15.9. The minimum Gasteiger partial charge on any atom is -0.504 e. The topological polar surface area (TPSA) is 132 Å². The zero-order valence-electron chi connectivity index (χ0n) is 26.1. The van der Waals surface area contributed by atoms with Crippen molar-refractivity contribution in [2.75, 3.05) is 41.2 Å². The molecule has 0 aromatic heterocycles. The van der Waals surface area contributed by atoms with Gasteiger partial charge in [-0.25, -0.2) is 0 Å². The second-order valence-corrected chi connectivity index (χ2v) is 13.0. The van der Waals surface area contributed by atoms with E-state index in [0.717, 1.165) is 45.1 Å². The van der Waals surface area contributed by atoms with Crippen molar-refractivity contribution in [3.05, 3.63) is 53.5 Å². The summed E-state index contributed by atoms with van der Waals surface area (Å²) in [4.78, 5) is -0.0666. The number of allylic oxidation sites excluding steroid dienone is 2. The maximum absolute atomic E-state index is 10.5. The molecule has 2 aliphatic carbocycles. The fourth-order valence-electron chi connectivity index (χ4n) is 4.85. The SMILES string of the molecule is CO.COC=C1CC(CO)C1(C)C.COC=C1CC(COC2CCCCO2)C1(C)C.Cc1ccc(S(=O)(=O)O)cc1. The molecule has 1 aliphatic heterocycles. The molecule has 2 saturated carbocycles. The smallest absolute Gasteiger partial charge is 0.294 e. The lowest BCUT2D eigenvalue weighted by molar-refractivity contribution is -0.177. The summed E-state index contributed by atoms with van der Waals surface area (Å²) in [6.07, 6.45) is 9.25. The Morgan fingerprint density at radius 1 is 0.927 bits per heavy atom. The Labute approximate surface area is 247 Å². The Balaban J connectivity index is 0.000000309. The first kappa shape index (κ1) is 37.1. The first-order chi connectivity index (χ1) is 19.3. The molecule has 3 unspecified atom stereocenters. The average Bonchev–Trinajstić information content (AvgIpc) is 2.94.